The van der Waals surface area contributed by atoms with Gasteiger partial charge in [0.1, 0.15) is 13.2 Å². The maximum atomic E-state index is 12.9. The van der Waals surface area contributed by atoms with Crippen LogP contribution < -0.4 is 0 Å². The SMILES string of the molecule is CC/C=C\C/C=C\C/C=C\C/C=C\C/C=C\C/C=C\C/C=C\C/C=C\C/C=C\CCCCCC(=O)OCC(COC(=O)CCCCCCC/C=C\C/C=C\CCCC)OC(=O)CCCCCCCCC/C=C\C/C=C\CCCCC. The number of rotatable bonds is 57. The molecule has 0 amide bonds. The summed E-state index contributed by atoms with van der Waals surface area (Å²) < 4.78 is 16.9. The molecule has 0 aromatic heterocycles. The first-order valence-corrected chi connectivity index (χ1v) is 32.5. The van der Waals surface area contributed by atoms with E-state index in [9.17, 15) is 14.4 Å². The van der Waals surface area contributed by atoms with Gasteiger partial charge in [-0.3, -0.25) is 14.4 Å². The third-order valence-corrected chi connectivity index (χ3v) is 13.2. The fraction of sp³-hybridized carbons (Fsp3) is 0.608. The lowest BCUT2D eigenvalue weighted by molar-refractivity contribution is -0.167. The fourth-order valence-electron chi connectivity index (χ4n) is 8.36. The molecule has 1 unspecified atom stereocenters. The quantitative estimate of drug-likeness (QED) is 0.0261. The summed E-state index contributed by atoms with van der Waals surface area (Å²) in [5.74, 6) is -0.962. The molecular formula is C74H118O6. The summed E-state index contributed by atoms with van der Waals surface area (Å²) in [6.07, 6.45) is 96.7. The van der Waals surface area contributed by atoms with Crippen LogP contribution in [0.15, 0.2) is 158 Å². The van der Waals surface area contributed by atoms with Gasteiger partial charge in [-0.05, 0) is 148 Å². The minimum absolute atomic E-state index is 0.105. The summed E-state index contributed by atoms with van der Waals surface area (Å²) in [6, 6.07) is 0. The molecule has 0 saturated carbocycles. The fourth-order valence-corrected chi connectivity index (χ4v) is 8.36. The molecule has 0 bridgehead atoms. The Morgan fingerprint density at radius 1 is 0.263 bits per heavy atom. The van der Waals surface area contributed by atoms with Crippen LogP contribution in [0.3, 0.4) is 0 Å². The van der Waals surface area contributed by atoms with Gasteiger partial charge in [0.25, 0.3) is 0 Å². The lowest BCUT2D eigenvalue weighted by atomic mass is 10.1. The molecule has 0 heterocycles. The van der Waals surface area contributed by atoms with Crippen molar-refractivity contribution >= 4 is 17.9 Å². The Morgan fingerprint density at radius 2 is 0.500 bits per heavy atom. The molecule has 0 fully saturated rings. The third-order valence-electron chi connectivity index (χ3n) is 13.2. The monoisotopic (exact) mass is 1100 g/mol. The van der Waals surface area contributed by atoms with Crippen LogP contribution >= 0.6 is 0 Å². The number of unbranched alkanes of at least 4 members (excludes halogenated alkanes) is 20. The maximum Gasteiger partial charge on any atom is 0.306 e. The van der Waals surface area contributed by atoms with Crippen molar-refractivity contribution < 1.29 is 28.6 Å². The van der Waals surface area contributed by atoms with Gasteiger partial charge in [-0.2, -0.15) is 0 Å². The van der Waals surface area contributed by atoms with Gasteiger partial charge in [0.2, 0.25) is 0 Å². The van der Waals surface area contributed by atoms with E-state index < -0.39 is 6.10 Å². The summed E-state index contributed by atoms with van der Waals surface area (Å²) in [5.41, 5.74) is 0. The molecule has 1 atom stereocenters. The first-order chi connectivity index (χ1) is 39.5. The number of allylic oxidation sites excluding steroid dienone is 26. The van der Waals surface area contributed by atoms with Gasteiger partial charge in [-0.15, -0.1) is 0 Å². The molecule has 0 radical (unpaired) electrons. The number of hydrogen-bond donors (Lipinski definition) is 0. The number of carbonyl (C=O) groups is 3. The van der Waals surface area contributed by atoms with E-state index in [1.807, 2.05) is 0 Å². The van der Waals surface area contributed by atoms with E-state index in [1.54, 1.807) is 0 Å². The van der Waals surface area contributed by atoms with E-state index >= 15 is 0 Å². The summed E-state index contributed by atoms with van der Waals surface area (Å²) in [7, 11) is 0. The lowest BCUT2D eigenvalue weighted by Gasteiger charge is -2.18. The molecule has 0 spiro atoms. The zero-order chi connectivity index (χ0) is 57.8. The van der Waals surface area contributed by atoms with Crippen LogP contribution in [0.4, 0.5) is 0 Å². The molecule has 0 N–H and O–H groups in total. The van der Waals surface area contributed by atoms with Crippen molar-refractivity contribution in [3.8, 4) is 0 Å². The molecule has 450 valence electrons. The number of ether oxygens (including phenoxy) is 3. The van der Waals surface area contributed by atoms with E-state index in [2.05, 4.69) is 179 Å². The van der Waals surface area contributed by atoms with Crippen LogP contribution in [0.1, 0.15) is 271 Å². The van der Waals surface area contributed by atoms with Gasteiger partial charge in [0.15, 0.2) is 6.10 Å². The zero-order valence-corrected chi connectivity index (χ0v) is 51.5. The third kappa shape index (κ3) is 63.9. The Bertz CT molecular complexity index is 1790. The Morgan fingerprint density at radius 3 is 0.812 bits per heavy atom. The maximum absolute atomic E-state index is 12.9. The molecule has 6 heteroatoms. The summed E-state index contributed by atoms with van der Waals surface area (Å²) in [5, 5.41) is 0. The first kappa shape index (κ1) is 75.0. The van der Waals surface area contributed by atoms with Crippen LogP contribution in [-0.4, -0.2) is 37.2 Å². The lowest BCUT2D eigenvalue weighted by Crippen LogP contribution is -2.30. The van der Waals surface area contributed by atoms with Gasteiger partial charge in [-0.1, -0.05) is 262 Å². The highest BCUT2D eigenvalue weighted by atomic mass is 16.6. The molecule has 0 aromatic carbocycles. The molecule has 0 aliphatic rings. The van der Waals surface area contributed by atoms with Crippen molar-refractivity contribution in [2.45, 2.75) is 277 Å². The molecule has 80 heavy (non-hydrogen) atoms. The summed E-state index contributed by atoms with van der Waals surface area (Å²) in [6.45, 7) is 6.41. The van der Waals surface area contributed by atoms with E-state index in [1.165, 1.54) is 70.6 Å². The molecule has 6 nitrogen and oxygen atoms in total. The normalized spacial score (nSPS) is 13.2. The van der Waals surface area contributed by atoms with Crippen LogP contribution in [0, 0.1) is 0 Å². The van der Waals surface area contributed by atoms with Crippen molar-refractivity contribution in [3.63, 3.8) is 0 Å². The summed E-state index contributed by atoms with van der Waals surface area (Å²) >= 11 is 0. The van der Waals surface area contributed by atoms with Crippen molar-refractivity contribution in [3.05, 3.63) is 158 Å². The Labute approximate surface area is 492 Å². The average Bonchev–Trinajstić information content (AvgIpc) is 3.46. The predicted molar refractivity (Wildman–Crippen MR) is 348 cm³/mol. The van der Waals surface area contributed by atoms with E-state index in [0.29, 0.717) is 19.3 Å². The minimum Gasteiger partial charge on any atom is -0.462 e. The van der Waals surface area contributed by atoms with E-state index in [-0.39, 0.29) is 31.1 Å². The van der Waals surface area contributed by atoms with E-state index in [0.717, 1.165) is 161 Å². The topological polar surface area (TPSA) is 78.9 Å². The van der Waals surface area contributed by atoms with Gasteiger partial charge in [0, 0.05) is 19.3 Å². The zero-order valence-electron chi connectivity index (χ0n) is 51.5. The second-order valence-electron chi connectivity index (χ2n) is 20.9. The molecular weight excluding hydrogens is 985 g/mol. The molecule has 0 aromatic rings. The highest BCUT2D eigenvalue weighted by Gasteiger charge is 2.19. The van der Waals surface area contributed by atoms with Gasteiger partial charge < -0.3 is 14.2 Å². The number of carbonyl (C=O) groups excluding carboxylic acids is 3. The number of esters is 3. The van der Waals surface area contributed by atoms with Crippen LogP contribution in [-0.2, 0) is 28.6 Å². The van der Waals surface area contributed by atoms with Crippen molar-refractivity contribution in [1.82, 2.24) is 0 Å². The highest BCUT2D eigenvalue weighted by Crippen LogP contribution is 2.14. The molecule has 0 saturated heterocycles. The Hall–Kier alpha value is -4.97. The second kappa shape index (κ2) is 66.5. The van der Waals surface area contributed by atoms with Gasteiger partial charge >= 0.3 is 17.9 Å². The van der Waals surface area contributed by atoms with E-state index in [4.69, 9.17) is 14.2 Å². The second-order valence-corrected chi connectivity index (χ2v) is 20.9. The van der Waals surface area contributed by atoms with Crippen molar-refractivity contribution in [1.29, 1.82) is 0 Å². The van der Waals surface area contributed by atoms with Crippen LogP contribution in [0.2, 0.25) is 0 Å². The first-order valence-electron chi connectivity index (χ1n) is 32.5. The molecule has 0 aliphatic carbocycles. The van der Waals surface area contributed by atoms with Crippen molar-refractivity contribution in [2.75, 3.05) is 13.2 Å². The smallest absolute Gasteiger partial charge is 0.306 e. The molecule has 0 rings (SSSR count). The largest absolute Gasteiger partial charge is 0.462 e. The molecule has 0 aliphatic heterocycles. The van der Waals surface area contributed by atoms with Gasteiger partial charge in [0.05, 0.1) is 0 Å². The predicted octanol–water partition coefficient (Wildman–Crippen LogP) is 22.5. The minimum atomic E-state index is -0.810. The number of hydrogen-bond acceptors (Lipinski definition) is 6. The summed E-state index contributed by atoms with van der Waals surface area (Å²) in [4.78, 5) is 38.3. The van der Waals surface area contributed by atoms with Gasteiger partial charge in [-0.25, -0.2) is 0 Å². The van der Waals surface area contributed by atoms with Crippen LogP contribution in [0.5, 0.6) is 0 Å². The standard InChI is InChI=1S/C74H118O6/c1-4-7-10-13-16-19-22-25-28-30-31-32-33-34-35-36-37-38-39-40-41-42-43-45-46-49-52-55-58-61-64-67-73(76)79-70-71(69-78-72(75)66-63-60-57-54-51-48-27-24-21-18-15-12-9-6-3)80-74(77)68-65-62-59-56-53-50-47-44-29-26-23-20-17-14-11-8-5-2/h7,10,15-20,24-29,31-32,34-35,37-38,40-41,43,45,49,52,71H,4-6,8-9,11-14,21-23,30,33,36,39,42,44,46-48,50-51,53-70H2,1-3H3/b10-7-,18-15-,19-16-,20-17-,27-24-,28-25-,29-26-,32-31-,35-34-,38-37-,41-40-,45-43-,52-49-. The Balaban J connectivity index is 4.43. The Kier molecular flexibility index (Phi) is 62.4. The average molecular weight is 1100 g/mol. The van der Waals surface area contributed by atoms with Crippen LogP contribution in [0.25, 0.3) is 0 Å². The highest BCUT2D eigenvalue weighted by molar-refractivity contribution is 5.71. The van der Waals surface area contributed by atoms with Crippen molar-refractivity contribution in [2.24, 2.45) is 0 Å².